The Morgan fingerprint density at radius 3 is 1.92 bits per heavy atom. The van der Waals surface area contributed by atoms with Gasteiger partial charge in [0.2, 0.25) is 0 Å². The highest BCUT2D eigenvalue weighted by Crippen LogP contribution is 2.43. The van der Waals surface area contributed by atoms with Gasteiger partial charge in [-0.1, -0.05) is 6.07 Å². The third-order valence-electron chi connectivity index (χ3n) is 6.46. The molecule has 0 saturated carbocycles. The number of aliphatic carboxylic acids is 2. The van der Waals surface area contributed by atoms with Crippen LogP contribution in [-0.4, -0.2) is 103 Å². The van der Waals surface area contributed by atoms with E-state index in [9.17, 15) is 34.8 Å². The van der Waals surface area contributed by atoms with E-state index in [1.54, 1.807) is 22.5 Å². The Morgan fingerprint density at radius 2 is 1.49 bits per heavy atom. The fourth-order valence-corrected chi connectivity index (χ4v) is 5.82. The second-order valence-electron chi connectivity index (χ2n) is 9.32. The maximum atomic E-state index is 12.7. The summed E-state index contributed by atoms with van der Waals surface area (Å²) >= 11 is 0. The second-order valence-corrected chi connectivity index (χ2v) is 11.2. The summed E-state index contributed by atoms with van der Waals surface area (Å²) in [5, 5.41) is 14.4. The highest BCUT2D eigenvalue weighted by Gasteiger charge is 2.45. The normalized spacial score (nSPS) is 21.9. The standard InChI is InChI=1S/C18H27N3O3S.2C2HF3O2/c22-25(23,17-5-1-2-8-19-17)21-11-6-18(7-12-21)13-16(24-15-18)14-20-9-3-4-10-20;2*3-2(4,5)1(6)7/h1-2,5,8,16H,3-4,6-7,9-15H2;2*(H,6,7). The van der Waals surface area contributed by atoms with Crippen molar-refractivity contribution in [2.75, 3.05) is 39.3 Å². The zero-order valence-corrected chi connectivity index (χ0v) is 21.4. The lowest BCUT2D eigenvalue weighted by atomic mass is 9.77. The molecular formula is C22H29F6N3O7S. The van der Waals surface area contributed by atoms with Crippen LogP contribution in [0.15, 0.2) is 29.4 Å². The van der Waals surface area contributed by atoms with E-state index in [1.807, 2.05) is 0 Å². The molecule has 1 spiro atoms. The van der Waals surface area contributed by atoms with E-state index in [0.717, 1.165) is 32.4 Å². The minimum absolute atomic E-state index is 0.153. The van der Waals surface area contributed by atoms with Crippen molar-refractivity contribution >= 4 is 22.0 Å². The number of nitrogens with zero attached hydrogens (tertiary/aromatic N) is 3. The smallest absolute Gasteiger partial charge is 0.475 e. The van der Waals surface area contributed by atoms with Crippen molar-refractivity contribution in [1.29, 1.82) is 0 Å². The molecule has 3 aliphatic rings. The molecule has 39 heavy (non-hydrogen) atoms. The van der Waals surface area contributed by atoms with Crippen LogP contribution < -0.4 is 0 Å². The van der Waals surface area contributed by atoms with Gasteiger partial charge in [-0.2, -0.15) is 30.6 Å². The van der Waals surface area contributed by atoms with Gasteiger partial charge in [0, 0.05) is 25.8 Å². The van der Waals surface area contributed by atoms with Gasteiger partial charge in [0.1, 0.15) is 0 Å². The van der Waals surface area contributed by atoms with Crippen molar-refractivity contribution in [2.24, 2.45) is 5.41 Å². The molecule has 2 N–H and O–H groups in total. The lowest BCUT2D eigenvalue weighted by Gasteiger charge is -2.37. The molecule has 3 fully saturated rings. The fraction of sp³-hybridized carbons (Fsp3) is 0.682. The highest BCUT2D eigenvalue weighted by molar-refractivity contribution is 7.89. The molecule has 3 aliphatic heterocycles. The first kappa shape index (κ1) is 32.7. The molecular weight excluding hydrogens is 564 g/mol. The van der Waals surface area contributed by atoms with Crippen molar-refractivity contribution in [3.63, 3.8) is 0 Å². The molecule has 0 bridgehead atoms. The zero-order chi connectivity index (χ0) is 29.5. The molecule has 0 radical (unpaired) electrons. The maximum absolute atomic E-state index is 12.7. The van der Waals surface area contributed by atoms with Gasteiger partial charge < -0.3 is 19.8 Å². The van der Waals surface area contributed by atoms with Crippen molar-refractivity contribution in [3.8, 4) is 0 Å². The number of rotatable bonds is 4. The Labute approximate surface area is 220 Å². The van der Waals surface area contributed by atoms with Crippen LogP contribution in [0.5, 0.6) is 0 Å². The molecule has 222 valence electrons. The van der Waals surface area contributed by atoms with E-state index in [0.29, 0.717) is 19.2 Å². The number of hydrogen-bond donors (Lipinski definition) is 2. The summed E-state index contributed by atoms with van der Waals surface area (Å²) in [6.45, 7) is 5.35. The van der Waals surface area contributed by atoms with Gasteiger partial charge in [0.25, 0.3) is 10.0 Å². The summed E-state index contributed by atoms with van der Waals surface area (Å²) in [6.07, 6.45) is -2.87. The van der Waals surface area contributed by atoms with Gasteiger partial charge in [0.15, 0.2) is 5.03 Å². The number of carbonyl (C=O) groups is 2. The zero-order valence-electron chi connectivity index (χ0n) is 20.6. The van der Waals surface area contributed by atoms with Crippen molar-refractivity contribution < 1.29 is 59.3 Å². The number of aromatic nitrogens is 1. The number of carboxylic acids is 2. The van der Waals surface area contributed by atoms with Gasteiger partial charge >= 0.3 is 24.3 Å². The molecule has 1 unspecified atom stereocenters. The van der Waals surface area contributed by atoms with Crippen molar-refractivity contribution in [3.05, 3.63) is 24.4 Å². The van der Waals surface area contributed by atoms with Crippen LogP contribution in [0.1, 0.15) is 32.1 Å². The van der Waals surface area contributed by atoms with E-state index >= 15 is 0 Å². The molecule has 10 nitrogen and oxygen atoms in total. The van der Waals surface area contributed by atoms with E-state index in [1.165, 1.54) is 32.1 Å². The third kappa shape index (κ3) is 9.88. The summed E-state index contributed by atoms with van der Waals surface area (Å²) in [7, 11) is -3.47. The summed E-state index contributed by atoms with van der Waals surface area (Å²) in [4.78, 5) is 24.3. The van der Waals surface area contributed by atoms with Crippen LogP contribution >= 0.6 is 0 Å². The Bertz CT molecular complexity index is 1030. The van der Waals surface area contributed by atoms with Crippen LogP contribution in [0.4, 0.5) is 26.3 Å². The van der Waals surface area contributed by atoms with Gasteiger partial charge in [0.05, 0.1) is 12.7 Å². The van der Waals surface area contributed by atoms with Crippen LogP contribution in [0.25, 0.3) is 0 Å². The first-order valence-corrected chi connectivity index (χ1v) is 13.3. The number of carboxylic acid groups (broad SMARTS) is 2. The Balaban J connectivity index is 0.000000317. The molecule has 0 aromatic carbocycles. The molecule has 0 aliphatic carbocycles. The molecule has 17 heteroatoms. The van der Waals surface area contributed by atoms with E-state index in [-0.39, 0.29) is 10.4 Å². The third-order valence-corrected chi connectivity index (χ3v) is 8.27. The summed E-state index contributed by atoms with van der Waals surface area (Å²) in [6, 6.07) is 5.03. The Morgan fingerprint density at radius 1 is 0.974 bits per heavy atom. The molecule has 4 rings (SSSR count). The molecule has 0 amide bonds. The topological polar surface area (TPSA) is 137 Å². The number of hydrogen-bond acceptors (Lipinski definition) is 7. The number of pyridine rings is 1. The van der Waals surface area contributed by atoms with E-state index < -0.39 is 34.3 Å². The lowest BCUT2D eigenvalue weighted by Crippen LogP contribution is -2.43. The number of piperidine rings is 1. The Kier molecular flexibility index (Phi) is 11.1. The molecule has 1 aromatic rings. The van der Waals surface area contributed by atoms with Gasteiger partial charge in [-0.25, -0.2) is 23.0 Å². The fourth-order valence-electron chi connectivity index (χ4n) is 4.45. The maximum Gasteiger partial charge on any atom is 0.490 e. The lowest BCUT2D eigenvalue weighted by molar-refractivity contribution is -0.193. The van der Waals surface area contributed by atoms with Crippen LogP contribution in [-0.2, 0) is 24.3 Å². The second kappa shape index (κ2) is 13.2. The molecule has 1 atom stereocenters. The first-order chi connectivity index (χ1) is 18.0. The number of halogens is 6. The molecule has 3 saturated heterocycles. The van der Waals surface area contributed by atoms with Gasteiger partial charge in [-0.3, -0.25) is 0 Å². The average Bonchev–Trinajstić information content (AvgIpc) is 3.50. The number of alkyl halides is 6. The van der Waals surface area contributed by atoms with E-state index in [4.69, 9.17) is 24.5 Å². The van der Waals surface area contributed by atoms with Crippen LogP contribution in [0, 0.1) is 5.41 Å². The monoisotopic (exact) mass is 593 g/mol. The summed E-state index contributed by atoms with van der Waals surface area (Å²) in [5.74, 6) is -5.51. The molecule has 4 heterocycles. The first-order valence-electron chi connectivity index (χ1n) is 11.8. The quantitative estimate of drug-likeness (QED) is 0.505. The van der Waals surface area contributed by atoms with Crippen molar-refractivity contribution in [1.82, 2.24) is 14.2 Å². The number of sulfonamides is 1. The average molecular weight is 594 g/mol. The predicted octanol–water partition coefficient (Wildman–Crippen LogP) is 3.00. The van der Waals surface area contributed by atoms with Gasteiger partial charge in [-0.15, -0.1) is 0 Å². The molecule has 1 aromatic heterocycles. The highest BCUT2D eigenvalue weighted by atomic mass is 32.2. The van der Waals surface area contributed by atoms with Crippen molar-refractivity contribution in [2.45, 2.75) is 55.6 Å². The summed E-state index contributed by atoms with van der Waals surface area (Å²) < 4.78 is 96.6. The number of ether oxygens (including phenoxy) is 1. The van der Waals surface area contributed by atoms with Crippen LogP contribution in [0.3, 0.4) is 0 Å². The minimum Gasteiger partial charge on any atom is -0.475 e. The Hall–Kier alpha value is -2.50. The SMILES string of the molecule is O=C(O)C(F)(F)F.O=C(O)C(F)(F)F.O=S(=O)(c1ccccn1)N1CCC2(CC1)COC(CN1CCCC1)C2. The minimum atomic E-state index is -5.08. The van der Waals surface area contributed by atoms with E-state index in [2.05, 4.69) is 9.88 Å². The largest absolute Gasteiger partial charge is 0.490 e. The van der Waals surface area contributed by atoms with Gasteiger partial charge in [-0.05, 0) is 62.7 Å². The number of likely N-dealkylation sites (tertiary alicyclic amines) is 1. The summed E-state index contributed by atoms with van der Waals surface area (Å²) in [5.41, 5.74) is 0.167. The predicted molar refractivity (Wildman–Crippen MR) is 122 cm³/mol. The van der Waals surface area contributed by atoms with Crippen LogP contribution in [0.2, 0.25) is 0 Å².